The zero-order chi connectivity index (χ0) is 7.11. The van der Waals surface area contributed by atoms with Gasteiger partial charge in [0.05, 0.1) is 6.10 Å². The number of rotatable bonds is 5. The van der Waals surface area contributed by atoms with Crippen LogP contribution in [0.4, 0.5) is 0 Å². The van der Waals surface area contributed by atoms with E-state index in [0.29, 0.717) is 5.88 Å². The molecule has 1 nitrogen and oxygen atoms in total. The van der Waals surface area contributed by atoms with Gasteiger partial charge in [-0.15, -0.1) is 18.2 Å². The van der Waals surface area contributed by atoms with Crippen molar-refractivity contribution >= 4 is 11.6 Å². The number of hydrogen-bond acceptors (Lipinski definition) is 1. The molecule has 0 fully saturated rings. The molecule has 0 saturated heterocycles. The number of halogens is 1. The first-order valence-corrected chi connectivity index (χ1v) is 3.60. The van der Waals surface area contributed by atoms with E-state index in [1.165, 1.54) is 0 Å². The van der Waals surface area contributed by atoms with Gasteiger partial charge in [0.25, 0.3) is 0 Å². The molecular weight excluding hydrogens is 136 g/mol. The minimum absolute atomic E-state index is 0.184. The van der Waals surface area contributed by atoms with Gasteiger partial charge in [-0.2, -0.15) is 0 Å². The lowest BCUT2D eigenvalue weighted by atomic mass is 10.2. The van der Waals surface area contributed by atoms with Gasteiger partial charge in [-0.05, 0) is 12.8 Å². The van der Waals surface area contributed by atoms with Crippen molar-refractivity contribution in [2.24, 2.45) is 0 Å². The molecule has 0 rings (SSSR count). The molecule has 0 aromatic rings. The van der Waals surface area contributed by atoms with Gasteiger partial charge in [0, 0.05) is 13.0 Å². The van der Waals surface area contributed by atoms with Crippen molar-refractivity contribution < 1.29 is 4.74 Å². The predicted octanol–water partition coefficient (Wildman–Crippen LogP) is 2.21. The molecule has 54 valence electrons. The molecule has 0 heterocycles. The van der Waals surface area contributed by atoms with Gasteiger partial charge in [0.1, 0.15) is 0 Å². The normalized spacial score (nSPS) is 13.1. The van der Waals surface area contributed by atoms with E-state index in [1.54, 1.807) is 13.2 Å². The Labute approximate surface area is 61.7 Å². The Bertz CT molecular complexity index is 73.3. The fourth-order valence-corrected chi connectivity index (χ4v) is 0.765. The smallest absolute Gasteiger partial charge is 0.0749 e. The number of ether oxygens (including phenoxy) is 1. The fourth-order valence-electron chi connectivity index (χ4n) is 0.610. The van der Waals surface area contributed by atoms with Crippen molar-refractivity contribution in [2.75, 3.05) is 13.0 Å². The molecule has 0 N–H and O–H groups in total. The van der Waals surface area contributed by atoms with Crippen molar-refractivity contribution in [1.82, 2.24) is 0 Å². The van der Waals surface area contributed by atoms with Gasteiger partial charge >= 0.3 is 0 Å². The van der Waals surface area contributed by atoms with Crippen molar-refractivity contribution in [3.05, 3.63) is 12.7 Å². The van der Waals surface area contributed by atoms with Crippen LogP contribution in [0.1, 0.15) is 12.8 Å². The van der Waals surface area contributed by atoms with Gasteiger partial charge < -0.3 is 4.74 Å². The molecule has 1 atom stereocenters. The summed E-state index contributed by atoms with van der Waals surface area (Å²) < 4.78 is 5.02. The summed E-state index contributed by atoms with van der Waals surface area (Å²) in [5.41, 5.74) is 0. The Kier molecular flexibility index (Phi) is 6.11. The Morgan fingerprint density at radius 1 is 1.78 bits per heavy atom. The first kappa shape index (κ1) is 8.99. The summed E-state index contributed by atoms with van der Waals surface area (Å²) in [6.07, 6.45) is 3.95. The molecule has 0 aliphatic carbocycles. The zero-order valence-electron chi connectivity index (χ0n) is 5.77. The second kappa shape index (κ2) is 6.12. The Morgan fingerprint density at radius 3 is 2.78 bits per heavy atom. The molecule has 0 aliphatic rings. The molecule has 2 heteroatoms. The lowest BCUT2D eigenvalue weighted by Crippen LogP contribution is -2.05. The van der Waals surface area contributed by atoms with Gasteiger partial charge in [0.15, 0.2) is 0 Å². The third kappa shape index (κ3) is 4.49. The predicted molar refractivity (Wildman–Crippen MR) is 40.9 cm³/mol. The van der Waals surface area contributed by atoms with Crippen LogP contribution >= 0.6 is 11.6 Å². The number of methoxy groups -OCH3 is 1. The first-order chi connectivity index (χ1) is 4.35. The van der Waals surface area contributed by atoms with Gasteiger partial charge in [-0.1, -0.05) is 6.08 Å². The lowest BCUT2D eigenvalue weighted by molar-refractivity contribution is 0.133. The average molecular weight is 149 g/mol. The molecule has 0 aromatic carbocycles. The molecule has 0 aromatic heterocycles. The van der Waals surface area contributed by atoms with Gasteiger partial charge in [0.2, 0.25) is 0 Å². The average Bonchev–Trinajstić information content (AvgIpc) is 1.91. The molecule has 0 aliphatic heterocycles. The van der Waals surface area contributed by atoms with Gasteiger partial charge in [-0.25, -0.2) is 0 Å². The largest absolute Gasteiger partial charge is 0.377 e. The summed E-state index contributed by atoms with van der Waals surface area (Å²) in [6.45, 7) is 3.62. The van der Waals surface area contributed by atoms with Crippen LogP contribution in [0.2, 0.25) is 0 Å². The van der Waals surface area contributed by atoms with Crippen LogP contribution in [-0.2, 0) is 4.74 Å². The Balaban J connectivity index is 3.20. The SMILES string of the molecule is C=CC(CCCCl)OC. The molecule has 9 heavy (non-hydrogen) atoms. The molecule has 0 bridgehead atoms. The molecular formula is C7H13ClO. The molecule has 0 amide bonds. The monoisotopic (exact) mass is 148 g/mol. The number of alkyl halides is 1. The maximum atomic E-state index is 5.47. The second-order valence-corrected chi connectivity index (χ2v) is 2.22. The third-order valence-corrected chi connectivity index (χ3v) is 1.46. The van der Waals surface area contributed by atoms with E-state index < -0.39 is 0 Å². The minimum Gasteiger partial charge on any atom is -0.377 e. The summed E-state index contributed by atoms with van der Waals surface area (Å²) in [5.74, 6) is 0.702. The highest BCUT2D eigenvalue weighted by molar-refractivity contribution is 6.17. The maximum absolute atomic E-state index is 5.47. The van der Waals surface area contributed by atoms with Crippen molar-refractivity contribution in [1.29, 1.82) is 0 Å². The third-order valence-electron chi connectivity index (χ3n) is 1.19. The van der Waals surface area contributed by atoms with Crippen molar-refractivity contribution in [2.45, 2.75) is 18.9 Å². The maximum Gasteiger partial charge on any atom is 0.0749 e. The fraction of sp³-hybridized carbons (Fsp3) is 0.714. The Hall–Kier alpha value is -0.0100. The number of hydrogen-bond donors (Lipinski definition) is 0. The summed E-state index contributed by atoms with van der Waals surface area (Å²) in [4.78, 5) is 0. The van der Waals surface area contributed by atoms with E-state index in [9.17, 15) is 0 Å². The van der Waals surface area contributed by atoms with Crippen LogP contribution in [0.5, 0.6) is 0 Å². The molecule has 0 radical (unpaired) electrons. The van der Waals surface area contributed by atoms with Crippen LogP contribution < -0.4 is 0 Å². The first-order valence-electron chi connectivity index (χ1n) is 3.06. The van der Waals surface area contributed by atoms with Crippen LogP contribution in [0.25, 0.3) is 0 Å². The highest BCUT2D eigenvalue weighted by atomic mass is 35.5. The quantitative estimate of drug-likeness (QED) is 0.429. The minimum atomic E-state index is 0.184. The molecule has 0 saturated carbocycles. The second-order valence-electron chi connectivity index (χ2n) is 1.84. The van der Waals surface area contributed by atoms with Crippen LogP contribution in [-0.4, -0.2) is 19.1 Å². The summed E-state index contributed by atoms with van der Waals surface area (Å²) >= 11 is 5.47. The summed E-state index contributed by atoms with van der Waals surface area (Å²) in [7, 11) is 1.68. The highest BCUT2D eigenvalue weighted by Gasteiger charge is 1.98. The van der Waals surface area contributed by atoms with E-state index in [2.05, 4.69) is 6.58 Å². The molecule has 1 unspecified atom stereocenters. The van der Waals surface area contributed by atoms with Crippen molar-refractivity contribution in [3.63, 3.8) is 0 Å². The van der Waals surface area contributed by atoms with E-state index >= 15 is 0 Å². The van der Waals surface area contributed by atoms with E-state index in [-0.39, 0.29) is 6.10 Å². The highest BCUT2D eigenvalue weighted by Crippen LogP contribution is 2.02. The molecule has 0 spiro atoms. The van der Waals surface area contributed by atoms with E-state index in [4.69, 9.17) is 16.3 Å². The summed E-state index contributed by atoms with van der Waals surface area (Å²) in [6, 6.07) is 0. The Morgan fingerprint density at radius 2 is 2.44 bits per heavy atom. The zero-order valence-corrected chi connectivity index (χ0v) is 6.53. The summed E-state index contributed by atoms with van der Waals surface area (Å²) in [5, 5.41) is 0. The van der Waals surface area contributed by atoms with Crippen molar-refractivity contribution in [3.8, 4) is 0 Å². The van der Waals surface area contributed by atoms with Crippen LogP contribution in [0.15, 0.2) is 12.7 Å². The topological polar surface area (TPSA) is 9.23 Å². The standard InChI is InChI=1S/C7H13ClO/c1-3-7(9-2)5-4-6-8/h3,7H,1,4-6H2,2H3. The van der Waals surface area contributed by atoms with E-state index in [1.807, 2.05) is 0 Å². The van der Waals surface area contributed by atoms with Crippen LogP contribution in [0.3, 0.4) is 0 Å². The van der Waals surface area contributed by atoms with Gasteiger partial charge in [-0.3, -0.25) is 0 Å². The lowest BCUT2D eigenvalue weighted by Gasteiger charge is -2.07. The van der Waals surface area contributed by atoms with Crippen LogP contribution in [0, 0.1) is 0 Å². The van der Waals surface area contributed by atoms with E-state index in [0.717, 1.165) is 12.8 Å².